The van der Waals surface area contributed by atoms with Gasteiger partial charge in [0.25, 0.3) is 5.91 Å². The lowest BCUT2D eigenvalue weighted by atomic mass is 10.0. The summed E-state index contributed by atoms with van der Waals surface area (Å²) in [6.45, 7) is 2.15. The molecule has 34 heavy (non-hydrogen) atoms. The highest BCUT2D eigenvalue weighted by molar-refractivity contribution is 7.88. The number of rotatable bonds is 7. The number of anilines is 1. The molecule has 3 N–H and O–H groups in total. The third kappa shape index (κ3) is 5.27. The fraction of sp³-hybridized carbons (Fsp3) is 0.200. The van der Waals surface area contributed by atoms with Crippen LogP contribution in [0.3, 0.4) is 0 Å². The van der Waals surface area contributed by atoms with Gasteiger partial charge in [0.2, 0.25) is 10.0 Å². The van der Waals surface area contributed by atoms with Crippen LogP contribution in [-0.4, -0.2) is 42.9 Å². The van der Waals surface area contributed by atoms with Gasteiger partial charge in [0.05, 0.1) is 23.0 Å². The minimum absolute atomic E-state index is 0.114. The summed E-state index contributed by atoms with van der Waals surface area (Å²) in [6.07, 6.45) is 1.68. The number of fused-ring (bicyclic) bond motifs is 1. The number of aromatic hydroxyl groups is 1. The summed E-state index contributed by atoms with van der Waals surface area (Å²) in [6, 6.07) is 18.3. The van der Waals surface area contributed by atoms with Crippen molar-refractivity contribution in [2.45, 2.75) is 19.9 Å². The fourth-order valence-corrected chi connectivity index (χ4v) is 4.25. The molecule has 0 radical (unpaired) electrons. The normalized spacial score (nSPS) is 11.6. The zero-order valence-corrected chi connectivity index (χ0v) is 20.0. The van der Waals surface area contributed by atoms with Gasteiger partial charge in [-0.3, -0.25) is 9.89 Å². The fourth-order valence-electron chi connectivity index (χ4n) is 3.82. The van der Waals surface area contributed by atoms with Gasteiger partial charge in [-0.25, -0.2) is 13.1 Å². The molecule has 0 spiro atoms. The first-order chi connectivity index (χ1) is 16.1. The van der Waals surface area contributed by atoms with E-state index in [0.29, 0.717) is 23.2 Å². The second-order valence-corrected chi connectivity index (χ2v) is 10.2. The molecule has 4 aromatic rings. The van der Waals surface area contributed by atoms with Gasteiger partial charge in [0.15, 0.2) is 0 Å². The highest BCUT2D eigenvalue weighted by Crippen LogP contribution is 2.29. The highest BCUT2D eigenvalue weighted by atomic mass is 32.2. The molecule has 0 aliphatic rings. The third-order valence-corrected chi connectivity index (χ3v) is 6.25. The molecule has 0 saturated carbocycles. The Hall–Kier alpha value is -3.69. The Morgan fingerprint density at radius 3 is 2.56 bits per heavy atom. The smallest absolute Gasteiger partial charge is 0.261 e. The van der Waals surface area contributed by atoms with Crippen LogP contribution in [0.4, 0.5) is 5.69 Å². The number of hydrogen-bond acceptors (Lipinski definition) is 5. The minimum atomic E-state index is -3.34. The van der Waals surface area contributed by atoms with E-state index in [1.165, 1.54) is 11.0 Å². The molecule has 0 aliphatic carbocycles. The zero-order valence-electron chi connectivity index (χ0n) is 19.2. The molecule has 3 aromatic carbocycles. The maximum absolute atomic E-state index is 13.3. The molecule has 0 saturated heterocycles. The van der Waals surface area contributed by atoms with Gasteiger partial charge in [-0.15, -0.1) is 0 Å². The number of phenols is 1. The predicted molar refractivity (Wildman–Crippen MR) is 133 cm³/mol. The predicted octanol–water partition coefficient (Wildman–Crippen LogP) is 3.49. The number of aryl methyl sites for hydroxylation is 1. The molecule has 176 valence electrons. The van der Waals surface area contributed by atoms with Crippen LogP contribution in [0.2, 0.25) is 0 Å². The Bertz CT molecular complexity index is 1480. The number of benzene rings is 3. The van der Waals surface area contributed by atoms with Crippen LogP contribution in [0, 0.1) is 6.92 Å². The molecular formula is C25H26N4O4S. The van der Waals surface area contributed by atoms with E-state index < -0.39 is 15.9 Å². The maximum Gasteiger partial charge on any atom is 0.261 e. The van der Waals surface area contributed by atoms with E-state index in [1.807, 2.05) is 25.1 Å². The Morgan fingerprint density at radius 1 is 1.09 bits per heavy atom. The number of aromatic nitrogens is 2. The molecule has 1 amide bonds. The third-order valence-electron chi connectivity index (χ3n) is 5.58. The van der Waals surface area contributed by atoms with Crippen molar-refractivity contribution in [1.82, 2.24) is 14.9 Å². The molecule has 0 unspecified atom stereocenters. The Labute approximate surface area is 198 Å². The molecule has 4 rings (SSSR count). The average Bonchev–Trinajstić information content (AvgIpc) is 3.17. The van der Waals surface area contributed by atoms with Crippen molar-refractivity contribution in [1.29, 1.82) is 0 Å². The number of H-pyrrole nitrogens is 1. The van der Waals surface area contributed by atoms with Gasteiger partial charge in [-0.1, -0.05) is 42.0 Å². The van der Waals surface area contributed by atoms with Gasteiger partial charge >= 0.3 is 0 Å². The number of nitrogens with one attached hydrogen (secondary N) is 2. The van der Waals surface area contributed by atoms with Crippen molar-refractivity contribution in [3.63, 3.8) is 0 Å². The van der Waals surface area contributed by atoms with Crippen molar-refractivity contribution in [2.24, 2.45) is 0 Å². The lowest BCUT2D eigenvalue weighted by Crippen LogP contribution is -2.26. The summed E-state index contributed by atoms with van der Waals surface area (Å²) in [5, 5.41) is 18.7. The lowest BCUT2D eigenvalue weighted by Gasteiger charge is -2.19. The number of sulfonamides is 1. The molecule has 0 fully saturated rings. The zero-order chi connectivity index (χ0) is 24.5. The first kappa shape index (κ1) is 23.5. The van der Waals surface area contributed by atoms with Gasteiger partial charge in [-0.2, -0.15) is 5.10 Å². The topological polar surface area (TPSA) is 115 Å². The van der Waals surface area contributed by atoms with E-state index in [-0.39, 0.29) is 17.9 Å². The van der Waals surface area contributed by atoms with Gasteiger partial charge in [-0.05, 0) is 36.2 Å². The number of nitrogens with zero attached hydrogens (tertiary/aromatic N) is 2. The van der Waals surface area contributed by atoms with E-state index in [2.05, 4.69) is 21.0 Å². The first-order valence-electron chi connectivity index (χ1n) is 10.7. The Morgan fingerprint density at radius 2 is 1.82 bits per heavy atom. The molecule has 1 aromatic heterocycles. The van der Waals surface area contributed by atoms with E-state index in [9.17, 15) is 18.3 Å². The van der Waals surface area contributed by atoms with Crippen LogP contribution in [-0.2, 0) is 23.0 Å². The number of carbonyl (C=O) groups is 1. The molecule has 0 bridgehead atoms. The minimum Gasteiger partial charge on any atom is -0.507 e. The Kier molecular flexibility index (Phi) is 6.41. The van der Waals surface area contributed by atoms with Crippen LogP contribution >= 0.6 is 0 Å². The average molecular weight is 479 g/mol. The number of amides is 1. The van der Waals surface area contributed by atoms with Crippen LogP contribution in [0.15, 0.2) is 60.7 Å². The van der Waals surface area contributed by atoms with Crippen LogP contribution < -0.4 is 9.62 Å². The van der Waals surface area contributed by atoms with Gasteiger partial charge in [0, 0.05) is 37.2 Å². The largest absolute Gasteiger partial charge is 0.507 e. The summed E-state index contributed by atoms with van der Waals surface area (Å²) in [5.41, 5.74) is 5.12. The number of phenolic OH excluding ortho intramolecular Hbond substituents is 1. The van der Waals surface area contributed by atoms with E-state index in [0.717, 1.165) is 28.5 Å². The standard InChI is InChI=1S/C25H26N4O4S/c1-16-6-4-7-17(10-16)12-22-20-13-21(24(30)14-23(20)28-27-22)25(31)29(2)19-9-5-8-18(11-19)15-26-34(3,32)33/h4-11,13-14,26,30H,12,15H2,1-3H3,(H,27,28). The molecule has 9 heteroatoms. The maximum atomic E-state index is 13.3. The second-order valence-electron chi connectivity index (χ2n) is 8.38. The van der Waals surface area contributed by atoms with E-state index >= 15 is 0 Å². The molecule has 1 heterocycles. The first-order valence-corrected chi connectivity index (χ1v) is 12.6. The van der Waals surface area contributed by atoms with E-state index in [4.69, 9.17) is 0 Å². The second kappa shape index (κ2) is 9.28. The van der Waals surface area contributed by atoms with Gasteiger partial charge < -0.3 is 10.0 Å². The van der Waals surface area contributed by atoms with Crippen molar-refractivity contribution >= 4 is 32.5 Å². The summed E-state index contributed by atoms with van der Waals surface area (Å²) < 4.78 is 25.2. The quantitative estimate of drug-likeness (QED) is 0.376. The molecule has 8 nitrogen and oxygen atoms in total. The number of hydrogen-bond donors (Lipinski definition) is 3. The summed E-state index contributed by atoms with van der Waals surface area (Å²) in [7, 11) is -1.73. The van der Waals surface area contributed by atoms with Crippen molar-refractivity contribution in [3.8, 4) is 5.75 Å². The van der Waals surface area contributed by atoms with Crippen LogP contribution in [0.5, 0.6) is 5.75 Å². The van der Waals surface area contributed by atoms with Crippen molar-refractivity contribution in [2.75, 3.05) is 18.2 Å². The van der Waals surface area contributed by atoms with Gasteiger partial charge in [0.1, 0.15) is 5.75 Å². The summed E-state index contributed by atoms with van der Waals surface area (Å²) in [4.78, 5) is 14.7. The summed E-state index contributed by atoms with van der Waals surface area (Å²) >= 11 is 0. The van der Waals surface area contributed by atoms with E-state index in [1.54, 1.807) is 37.4 Å². The number of carbonyl (C=O) groups excluding carboxylic acids is 1. The molecule has 0 atom stereocenters. The molecule has 0 aliphatic heterocycles. The number of aromatic amines is 1. The Balaban J connectivity index is 1.62. The van der Waals surface area contributed by atoms with Crippen molar-refractivity contribution in [3.05, 3.63) is 88.6 Å². The van der Waals surface area contributed by atoms with Crippen molar-refractivity contribution < 1.29 is 18.3 Å². The van der Waals surface area contributed by atoms with Crippen LogP contribution in [0.1, 0.15) is 32.7 Å². The molecular weight excluding hydrogens is 452 g/mol. The SMILES string of the molecule is Cc1cccc(Cc2n[nH]c3cc(O)c(C(=O)N(C)c4cccc(CNS(C)(=O)=O)c4)cc23)c1. The van der Waals surface area contributed by atoms with Crippen LogP contribution in [0.25, 0.3) is 10.9 Å². The highest BCUT2D eigenvalue weighted by Gasteiger charge is 2.20. The monoisotopic (exact) mass is 478 g/mol. The lowest BCUT2D eigenvalue weighted by molar-refractivity contribution is 0.0990. The summed E-state index contributed by atoms with van der Waals surface area (Å²) in [5.74, 6) is -0.541.